The van der Waals surface area contributed by atoms with Crippen LogP contribution in [0, 0.1) is 0 Å². The van der Waals surface area contributed by atoms with Crippen molar-refractivity contribution < 1.29 is 42.7 Å². The van der Waals surface area contributed by atoms with Gasteiger partial charge in [-0.25, -0.2) is 0 Å². The summed E-state index contributed by atoms with van der Waals surface area (Å²) in [5.74, 6) is -0.751. The van der Waals surface area contributed by atoms with Crippen LogP contribution in [0.2, 0.25) is 0 Å². The molecule has 158 valence electrons. The molecule has 9 nitrogen and oxygen atoms in total. The fourth-order valence-electron chi connectivity index (χ4n) is 2.25. The Labute approximate surface area is 160 Å². The van der Waals surface area contributed by atoms with E-state index in [1.165, 1.54) is 13.8 Å². The zero-order valence-corrected chi connectivity index (χ0v) is 16.7. The van der Waals surface area contributed by atoms with Crippen molar-refractivity contribution >= 4 is 11.9 Å². The van der Waals surface area contributed by atoms with Gasteiger partial charge >= 0.3 is 11.9 Å². The topological polar surface area (TPSA) is 98.8 Å². The van der Waals surface area contributed by atoms with Crippen LogP contribution in [0.5, 0.6) is 0 Å². The van der Waals surface area contributed by atoms with Crippen LogP contribution >= 0.6 is 0 Å². The second-order valence-corrected chi connectivity index (χ2v) is 6.87. The third kappa shape index (κ3) is 11.2. The number of carbonyl (C=O) groups excluding carboxylic acids is 2. The van der Waals surface area contributed by atoms with Crippen LogP contribution in [0.3, 0.4) is 0 Å². The van der Waals surface area contributed by atoms with Crippen LogP contribution in [0.1, 0.15) is 27.7 Å². The summed E-state index contributed by atoms with van der Waals surface area (Å²) in [6, 6.07) is 0. The van der Waals surface area contributed by atoms with Crippen LogP contribution in [0.15, 0.2) is 0 Å². The minimum atomic E-state index is -0.768. The number of rotatable bonds is 4. The molecule has 1 aliphatic rings. The zero-order chi connectivity index (χ0) is 20.2. The smallest absolute Gasteiger partial charge is 0.302 e. The SMILES string of the molecule is CC(=O)OC[C@@]1(C)COCCOC[C@](C)(COC(C)=O)OCCOCCO1. The Bertz CT molecular complexity index is 416. The Morgan fingerprint density at radius 2 is 1.07 bits per heavy atom. The molecule has 0 radical (unpaired) electrons. The molecule has 1 aliphatic heterocycles. The quantitative estimate of drug-likeness (QED) is 0.641. The Balaban J connectivity index is 2.57. The molecule has 9 heteroatoms. The van der Waals surface area contributed by atoms with Gasteiger partial charge in [-0.3, -0.25) is 9.59 Å². The number of carbonyl (C=O) groups is 2. The van der Waals surface area contributed by atoms with E-state index in [2.05, 4.69) is 0 Å². The Hall–Kier alpha value is -1.26. The van der Waals surface area contributed by atoms with Gasteiger partial charge in [-0.05, 0) is 13.8 Å². The Morgan fingerprint density at radius 1 is 0.704 bits per heavy atom. The zero-order valence-electron chi connectivity index (χ0n) is 16.7. The second-order valence-electron chi connectivity index (χ2n) is 6.87. The number of hydrogen-bond donors (Lipinski definition) is 0. The summed E-state index contributed by atoms with van der Waals surface area (Å²) in [4.78, 5) is 22.2. The van der Waals surface area contributed by atoms with Crippen LogP contribution in [0.4, 0.5) is 0 Å². The van der Waals surface area contributed by atoms with E-state index in [0.29, 0.717) is 39.6 Å². The predicted octanol–water partition coefficient (Wildman–Crippen LogP) is 0.727. The van der Waals surface area contributed by atoms with E-state index in [-0.39, 0.29) is 38.4 Å². The molecule has 0 aromatic heterocycles. The summed E-state index contributed by atoms with van der Waals surface area (Å²) < 4.78 is 38.5. The average Bonchev–Trinajstić information content (AvgIpc) is 2.61. The molecule has 0 aliphatic carbocycles. The largest absolute Gasteiger partial charge is 0.463 e. The van der Waals surface area contributed by atoms with Crippen molar-refractivity contribution in [3.05, 3.63) is 0 Å². The molecule has 1 saturated heterocycles. The summed E-state index contributed by atoms with van der Waals surface area (Å²) in [5.41, 5.74) is -1.54. The molecule has 0 spiro atoms. The van der Waals surface area contributed by atoms with Crippen molar-refractivity contribution in [1.82, 2.24) is 0 Å². The first-order chi connectivity index (χ1) is 12.7. The van der Waals surface area contributed by atoms with Crippen LogP contribution < -0.4 is 0 Å². The van der Waals surface area contributed by atoms with Gasteiger partial charge in [-0.1, -0.05) is 0 Å². The van der Waals surface area contributed by atoms with E-state index >= 15 is 0 Å². The Morgan fingerprint density at radius 3 is 1.44 bits per heavy atom. The number of esters is 2. The highest BCUT2D eigenvalue weighted by molar-refractivity contribution is 5.66. The average molecular weight is 392 g/mol. The highest BCUT2D eigenvalue weighted by Crippen LogP contribution is 2.14. The third-order valence-electron chi connectivity index (χ3n) is 3.70. The maximum absolute atomic E-state index is 11.1. The van der Waals surface area contributed by atoms with Gasteiger partial charge in [-0.2, -0.15) is 0 Å². The van der Waals surface area contributed by atoms with Gasteiger partial charge in [0.15, 0.2) is 0 Å². The van der Waals surface area contributed by atoms with E-state index in [1.54, 1.807) is 0 Å². The van der Waals surface area contributed by atoms with Crippen LogP contribution in [-0.4, -0.2) is 89.2 Å². The number of ether oxygens (including phenoxy) is 7. The van der Waals surface area contributed by atoms with Gasteiger partial charge in [0, 0.05) is 13.8 Å². The standard InChI is InChI=1S/C18H32O9/c1-15(19)24-13-17(3)11-22-5-6-23-12-18(4,14-25-16(2)20)27-10-8-21-7-9-26-17/h5-14H2,1-4H3/t17-,18-/m1/s1. The first-order valence-corrected chi connectivity index (χ1v) is 9.03. The lowest BCUT2D eigenvalue weighted by Crippen LogP contribution is -2.42. The molecule has 0 N–H and O–H groups in total. The second kappa shape index (κ2) is 12.2. The van der Waals surface area contributed by atoms with Crippen molar-refractivity contribution in [3.8, 4) is 0 Å². The van der Waals surface area contributed by atoms with Crippen LogP contribution in [-0.2, 0) is 42.7 Å². The van der Waals surface area contributed by atoms with Crippen molar-refractivity contribution in [2.45, 2.75) is 38.9 Å². The molecule has 0 bridgehead atoms. The molecule has 0 aromatic rings. The third-order valence-corrected chi connectivity index (χ3v) is 3.70. The van der Waals surface area contributed by atoms with Gasteiger partial charge in [0.25, 0.3) is 0 Å². The van der Waals surface area contributed by atoms with Gasteiger partial charge in [0.1, 0.15) is 24.4 Å². The molecule has 0 saturated carbocycles. The summed E-state index contributed by atoms with van der Waals surface area (Å²) >= 11 is 0. The molecule has 0 aromatic carbocycles. The summed E-state index contributed by atoms with van der Waals surface area (Å²) in [6.07, 6.45) is 0. The molecule has 1 heterocycles. The molecule has 1 fully saturated rings. The lowest BCUT2D eigenvalue weighted by atomic mass is 10.1. The van der Waals surface area contributed by atoms with Crippen molar-refractivity contribution in [1.29, 1.82) is 0 Å². The van der Waals surface area contributed by atoms with Gasteiger partial charge in [0.2, 0.25) is 0 Å². The van der Waals surface area contributed by atoms with Crippen molar-refractivity contribution in [2.75, 3.05) is 66.1 Å². The highest BCUT2D eigenvalue weighted by atomic mass is 16.6. The Kier molecular flexibility index (Phi) is 10.8. The van der Waals surface area contributed by atoms with E-state index in [4.69, 9.17) is 33.2 Å². The monoisotopic (exact) mass is 392 g/mol. The molecule has 0 amide bonds. The lowest BCUT2D eigenvalue weighted by Gasteiger charge is -2.29. The first kappa shape index (κ1) is 23.8. The summed E-state index contributed by atoms with van der Waals surface area (Å²) in [7, 11) is 0. The van der Waals surface area contributed by atoms with Gasteiger partial charge < -0.3 is 33.2 Å². The molecular weight excluding hydrogens is 360 g/mol. The minimum Gasteiger partial charge on any atom is -0.463 e. The summed E-state index contributed by atoms with van der Waals surface area (Å²) in [6.45, 7) is 9.01. The predicted molar refractivity (Wildman–Crippen MR) is 94.4 cm³/mol. The minimum absolute atomic E-state index is 0.0900. The maximum atomic E-state index is 11.1. The van der Waals surface area contributed by atoms with Crippen molar-refractivity contribution in [2.24, 2.45) is 0 Å². The van der Waals surface area contributed by atoms with Gasteiger partial charge in [-0.15, -0.1) is 0 Å². The van der Waals surface area contributed by atoms with Crippen LogP contribution in [0.25, 0.3) is 0 Å². The molecule has 0 unspecified atom stereocenters. The number of hydrogen-bond acceptors (Lipinski definition) is 9. The van der Waals surface area contributed by atoms with E-state index in [0.717, 1.165) is 0 Å². The lowest BCUT2D eigenvalue weighted by molar-refractivity contribution is -0.163. The van der Waals surface area contributed by atoms with E-state index in [1.807, 2.05) is 13.8 Å². The first-order valence-electron chi connectivity index (χ1n) is 9.03. The summed E-state index contributed by atoms with van der Waals surface area (Å²) in [5, 5.41) is 0. The van der Waals surface area contributed by atoms with Gasteiger partial charge in [0.05, 0.1) is 52.9 Å². The van der Waals surface area contributed by atoms with E-state index < -0.39 is 11.2 Å². The van der Waals surface area contributed by atoms with Crippen molar-refractivity contribution in [3.63, 3.8) is 0 Å². The molecule has 2 atom stereocenters. The molecular formula is C18H32O9. The van der Waals surface area contributed by atoms with E-state index in [9.17, 15) is 9.59 Å². The highest BCUT2D eigenvalue weighted by Gasteiger charge is 2.29. The fourth-order valence-corrected chi connectivity index (χ4v) is 2.25. The fraction of sp³-hybridized carbons (Fsp3) is 0.889. The molecule has 27 heavy (non-hydrogen) atoms. The molecule has 1 rings (SSSR count). The normalized spacial score (nSPS) is 29.2. The maximum Gasteiger partial charge on any atom is 0.302 e.